The predicted molar refractivity (Wildman–Crippen MR) is 161 cm³/mol. The summed E-state index contributed by atoms with van der Waals surface area (Å²) < 4.78 is 14.5. The smallest absolute Gasteiger partial charge is 0.282 e. The minimum atomic E-state index is -0.267. The van der Waals surface area contributed by atoms with E-state index < -0.39 is 0 Å². The quantitative estimate of drug-likeness (QED) is 0.169. The van der Waals surface area contributed by atoms with Gasteiger partial charge in [-0.15, -0.1) is 0 Å². The van der Waals surface area contributed by atoms with Gasteiger partial charge >= 0.3 is 0 Å². The highest BCUT2D eigenvalue weighted by molar-refractivity contribution is 9.10. The molecule has 0 aliphatic rings. The summed E-state index contributed by atoms with van der Waals surface area (Å²) in [6.07, 6.45) is 2.33. The normalized spacial score (nSPS) is 12.0. The summed E-state index contributed by atoms with van der Waals surface area (Å²) in [5.74, 6) is 1.32. The highest BCUT2D eigenvalue weighted by atomic mass is 79.9. The molecule has 4 aromatic rings. The Hall–Kier alpha value is -3.19. The van der Waals surface area contributed by atoms with Crippen LogP contribution < -0.4 is 15.0 Å². The summed E-state index contributed by atoms with van der Waals surface area (Å²) in [7, 11) is 0. The second kappa shape index (κ2) is 12.8. The first kappa shape index (κ1) is 28.8. The van der Waals surface area contributed by atoms with Gasteiger partial charge in [0.25, 0.3) is 5.56 Å². The molecule has 0 N–H and O–H groups in total. The Morgan fingerprint density at radius 1 is 1.18 bits per heavy atom. The first-order chi connectivity index (χ1) is 18.8. The topological polar surface area (TPSA) is 89.5 Å². The van der Waals surface area contributed by atoms with Crippen LogP contribution in [-0.2, 0) is 6.61 Å². The molecular formula is C29H25Br2ClN4O3. The Kier molecular flexibility index (Phi) is 9.44. The number of benzene rings is 3. The van der Waals surface area contributed by atoms with Gasteiger partial charge < -0.3 is 9.47 Å². The lowest BCUT2D eigenvalue weighted by Crippen LogP contribution is -2.23. The summed E-state index contributed by atoms with van der Waals surface area (Å²) in [4.78, 5) is 18.2. The van der Waals surface area contributed by atoms with E-state index in [0.29, 0.717) is 50.4 Å². The molecule has 0 bridgehead atoms. The van der Waals surface area contributed by atoms with Crippen LogP contribution in [0.2, 0.25) is 5.02 Å². The van der Waals surface area contributed by atoms with Crippen LogP contribution in [0, 0.1) is 11.3 Å². The third-order valence-electron chi connectivity index (χ3n) is 6.16. The molecule has 0 saturated carbocycles. The second-order valence-corrected chi connectivity index (χ2v) is 10.8. The van der Waals surface area contributed by atoms with Gasteiger partial charge in [-0.25, -0.2) is 4.98 Å². The molecule has 0 aliphatic carbocycles. The Morgan fingerprint density at radius 3 is 2.67 bits per heavy atom. The van der Waals surface area contributed by atoms with Crippen molar-refractivity contribution >= 4 is 60.6 Å². The van der Waals surface area contributed by atoms with Crippen molar-refractivity contribution in [3.8, 4) is 17.6 Å². The van der Waals surface area contributed by atoms with Crippen LogP contribution in [0.1, 0.15) is 55.6 Å². The van der Waals surface area contributed by atoms with Crippen molar-refractivity contribution in [3.05, 3.63) is 95.4 Å². The molecule has 0 aliphatic heterocycles. The van der Waals surface area contributed by atoms with E-state index in [-0.39, 0.29) is 23.1 Å². The minimum Gasteiger partial charge on any atom is -0.490 e. The zero-order valence-corrected chi connectivity index (χ0v) is 25.5. The number of fused-ring (bicyclic) bond motifs is 1. The van der Waals surface area contributed by atoms with Crippen LogP contribution >= 0.6 is 43.5 Å². The maximum Gasteiger partial charge on any atom is 0.282 e. The summed E-state index contributed by atoms with van der Waals surface area (Å²) in [5, 5.41) is 14.7. The first-order valence-electron chi connectivity index (χ1n) is 12.3. The SMILES string of the molecule is CCOc1cc(C=Nn2c([C@H](C)CC)nc3ccc(Br)cc3c2=O)c(Br)c(Cl)c1OCc1ccccc1C#N. The Labute approximate surface area is 248 Å². The summed E-state index contributed by atoms with van der Waals surface area (Å²) in [5.41, 5.74) is 2.19. The number of rotatable bonds is 9. The summed E-state index contributed by atoms with van der Waals surface area (Å²) in [6, 6.07) is 16.5. The van der Waals surface area contributed by atoms with Gasteiger partial charge in [-0.05, 0) is 59.6 Å². The van der Waals surface area contributed by atoms with Crippen LogP contribution in [0.3, 0.4) is 0 Å². The van der Waals surface area contributed by atoms with Gasteiger partial charge in [0.05, 0.1) is 35.4 Å². The number of hydrogen-bond acceptors (Lipinski definition) is 6. The Morgan fingerprint density at radius 2 is 1.95 bits per heavy atom. The fourth-order valence-corrected chi connectivity index (χ4v) is 4.91. The first-order valence-corrected chi connectivity index (χ1v) is 14.3. The number of nitrogens with zero attached hydrogens (tertiary/aromatic N) is 4. The molecule has 1 atom stereocenters. The van der Waals surface area contributed by atoms with Crippen LogP contribution in [0.4, 0.5) is 0 Å². The molecule has 0 unspecified atom stereocenters. The van der Waals surface area contributed by atoms with Gasteiger partial charge in [-0.1, -0.05) is 59.6 Å². The van der Waals surface area contributed by atoms with Gasteiger partial charge in [-0.3, -0.25) is 4.79 Å². The predicted octanol–water partition coefficient (Wildman–Crippen LogP) is 7.82. The minimum absolute atomic E-state index is 0.000903. The number of hydrogen-bond donors (Lipinski definition) is 0. The maximum absolute atomic E-state index is 13.5. The van der Waals surface area contributed by atoms with Crippen molar-refractivity contribution in [2.45, 2.75) is 39.7 Å². The number of halogens is 3. The van der Waals surface area contributed by atoms with E-state index in [1.54, 1.807) is 30.5 Å². The molecule has 39 heavy (non-hydrogen) atoms. The van der Waals surface area contributed by atoms with E-state index >= 15 is 0 Å². The highest BCUT2D eigenvalue weighted by Gasteiger charge is 2.19. The number of nitriles is 1. The zero-order valence-electron chi connectivity index (χ0n) is 21.5. The van der Waals surface area contributed by atoms with Crippen molar-refractivity contribution in [2.24, 2.45) is 5.10 Å². The van der Waals surface area contributed by atoms with E-state index in [2.05, 4.69) is 43.0 Å². The van der Waals surface area contributed by atoms with E-state index in [9.17, 15) is 10.1 Å². The second-order valence-electron chi connectivity index (χ2n) is 8.71. The number of aromatic nitrogens is 2. The molecule has 0 spiro atoms. The van der Waals surface area contributed by atoms with Crippen LogP contribution in [0.15, 0.2) is 67.4 Å². The zero-order chi connectivity index (χ0) is 28.1. The molecule has 4 rings (SSSR count). The summed E-state index contributed by atoms with van der Waals surface area (Å²) in [6.45, 7) is 6.41. The van der Waals surface area contributed by atoms with Crippen LogP contribution in [0.5, 0.6) is 11.5 Å². The molecule has 3 aromatic carbocycles. The molecule has 7 nitrogen and oxygen atoms in total. The monoisotopic (exact) mass is 670 g/mol. The van der Waals surface area contributed by atoms with E-state index in [1.165, 1.54) is 4.68 Å². The lowest BCUT2D eigenvalue weighted by molar-refractivity contribution is 0.269. The Bertz CT molecular complexity index is 1660. The fourth-order valence-electron chi connectivity index (χ4n) is 3.90. The molecule has 1 aromatic heterocycles. The maximum atomic E-state index is 13.5. The van der Waals surface area contributed by atoms with Crippen molar-refractivity contribution in [1.29, 1.82) is 5.26 Å². The fraction of sp³-hybridized carbons (Fsp3) is 0.241. The standard InChI is InChI=1S/C29H25Br2ClN4O3/c1-4-17(3)28-35-23-11-10-21(30)13-22(23)29(37)36(28)34-15-20-12-24(38-5-2)27(26(32)25(20)31)39-16-19-9-7-6-8-18(19)14-33/h6-13,15,17H,4-5,16H2,1-3H3/t17-/m1/s1. The van der Waals surface area contributed by atoms with Crippen molar-refractivity contribution < 1.29 is 9.47 Å². The van der Waals surface area contributed by atoms with Crippen molar-refractivity contribution in [2.75, 3.05) is 6.61 Å². The van der Waals surface area contributed by atoms with E-state index in [0.717, 1.165) is 16.5 Å². The average molecular weight is 673 g/mol. The van der Waals surface area contributed by atoms with Gasteiger partial charge in [0, 0.05) is 26.0 Å². The van der Waals surface area contributed by atoms with E-state index in [1.807, 2.05) is 45.0 Å². The van der Waals surface area contributed by atoms with Crippen LogP contribution in [0.25, 0.3) is 10.9 Å². The van der Waals surface area contributed by atoms with Gasteiger partial charge in [0.2, 0.25) is 0 Å². The molecule has 10 heteroatoms. The molecule has 0 fully saturated rings. The van der Waals surface area contributed by atoms with Gasteiger partial charge in [0.1, 0.15) is 17.5 Å². The van der Waals surface area contributed by atoms with E-state index in [4.69, 9.17) is 26.1 Å². The Balaban J connectivity index is 1.77. The molecule has 200 valence electrons. The summed E-state index contributed by atoms with van der Waals surface area (Å²) >= 11 is 13.7. The van der Waals surface area contributed by atoms with Gasteiger partial charge in [-0.2, -0.15) is 15.0 Å². The molecule has 0 radical (unpaired) electrons. The van der Waals surface area contributed by atoms with Crippen molar-refractivity contribution in [1.82, 2.24) is 9.66 Å². The third-order valence-corrected chi connectivity index (χ3v) is 8.10. The highest BCUT2D eigenvalue weighted by Crippen LogP contribution is 2.42. The lowest BCUT2D eigenvalue weighted by Gasteiger charge is -2.17. The van der Waals surface area contributed by atoms with Gasteiger partial charge in [0.15, 0.2) is 11.5 Å². The average Bonchev–Trinajstić information content (AvgIpc) is 2.94. The largest absolute Gasteiger partial charge is 0.490 e. The molecule has 1 heterocycles. The third kappa shape index (κ3) is 6.19. The molecule has 0 saturated heterocycles. The molecular weight excluding hydrogens is 648 g/mol. The molecule has 0 amide bonds. The van der Waals surface area contributed by atoms with Crippen molar-refractivity contribution in [3.63, 3.8) is 0 Å². The van der Waals surface area contributed by atoms with Crippen LogP contribution in [-0.4, -0.2) is 22.5 Å². The number of ether oxygens (including phenoxy) is 2. The lowest BCUT2D eigenvalue weighted by atomic mass is 10.1.